The van der Waals surface area contributed by atoms with E-state index in [-0.39, 0.29) is 5.91 Å². The summed E-state index contributed by atoms with van der Waals surface area (Å²) in [6.45, 7) is 3.87. The predicted octanol–water partition coefficient (Wildman–Crippen LogP) is 2.63. The molecule has 21 heavy (non-hydrogen) atoms. The monoisotopic (exact) mass is 305 g/mol. The molecule has 0 bridgehead atoms. The molecule has 1 aliphatic carbocycles. The van der Waals surface area contributed by atoms with Crippen molar-refractivity contribution in [2.45, 2.75) is 19.8 Å². The summed E-state index contributed by atoms with van der Waals surface area (Å²) >= 11 is 1.47. The van der Waals surface area contributed by atoms with Crippen LogP contribution in [0.2, 0.25) is 0 Å². The van der Waals surface area contributed by atoms with E-state index in [4.69, 9.17) is 4.74 Å². The van der Waals surface area contributed by atoms with Gasteiger partial charge in [0.2, 0.25) is 5.91 Å². The Labute approximate surface area is 127 Å². The van der Waals surface area contributed by atoms with E-state index in [1.54, 1.807) is 0 Å². The Kier molecular flexibility index (Phi) is 4.36. The fourth-order valence-corrected chi connectivity index (χ4v) is 3.00. The number of hydrogen-bond donors (Lipinski definition) is 2. The van der Waals surface area contributed by atoms with Crippen LogP contribution < -0.4 is 15.4 Å². The first-order valence-corrected chi connectivity index (χ1v) is 8.10. The van der Waals surface area contributed by atoms with Gasteiger partial charge in [-0.1, -0.05) is 11.3 Å². The van der Waals surface area contributed by atoms with E-state index in [1.807, 2.05) is 25.1 Å². The molecule has 1 aromatic carbocycles. The molecule has 5 nitrogen and oxygen atoms in total. The van der Waals surface area contributed by atoms with Crippen molar-refractivity contribution < 1.29 is 9.53 Å². The lowest BCUT2D eigenvalue weighted by molar-refractivity contribution is -0.115. The standard InChI is InChI=1S/C15H19N3O2S/c1-2-20-11-5-6-12-13(7-11)21-15(17-12)18-14(19)9-16-8-10-3-4-10/h5-7,10,16H,2-4,8-9H2,1H3,(H,17,18,19). The van der Waals surface area contributed by atoms with Crippen LogP contribution in [0.3, 0.4) is 0 Å². The Balaban J connectivity index is 1.59. The summed E-state index contributed by atoms with van der Waals surface area (Å²) in [6, 6.07) is 5.77. The molecule has 0 radical (unpaired) electrons. The SMILES string of the molecule is CCOc1ccc2nc(NC(=O)CNCC3CC3)sc2c1. The van der Waals surface area contributed by atoms with Crippen molar-refractivity contribution in [3.63, 3.8) is 0 Å². The molecule has 0 saturated heterocycles. The number of nitrogens with one attached hydrogen (secondary N) is 2. The van der Waals surface area contributed by atoms with E-state index in [2.05, 4.69) is 15.6 Å². The van der Waals surface area contributed by atoms with E-state index in [0.717, 1.165) is 28.4 Å². The van der Waals surface area contributed by atoms with Gasteiger partial charge in [0, 0.05) is 0 Å². The Hall–Kier alpha value is -1.66. The lowest BCUT2D eigenvalue weighted by Crippen LogP contribution is -2.29. The number of ether oxygens (including phenoxy) is 1. The van der Waals surface area contributed by atoms with Crippen molar-refractivity contribution in [1.29, 1.82) is 0 Å². The van der Waals surface area contributed by atoms with Gasteiger partial charge in [-0.25, -0.2) is 4.98 Å². The summed E-state index contributed by atoms with van der Waals surface area (Å²) in [5.74, 6) is 1.56. The summed E-state index contributed by atoms with van der Waals surface area (Å²) in [5, 5.41) is 6.65. The van der Waals surface area contributed by atoms with E-state index in [1.165, 1.54) is 24.2 Å². The molecule has 0 spiro atoms. The van der Waals surface area contributed by atoms with E-state index >= 15 is 0 Å². The molecule has 1 aliphatic rings. The number of benzene rings is 1. The van der Waals surface area contributed by atoms with Gasteiger partial charge in [-0.15, -0.1) is 0 Å². The molecule has 2 N–H and O–H groups in total. The van der Waals surface area contributed by atoms with Crippen molar-refractivity contribution in [2.24, 2.45) is 5.92 Å². The largest absolute Gasteiger partial charge is 0.494 e. The van der Waals surface area contributed by atoms with Crippen LogP contribution in [-0.2, 0) is 4.79 Å². The maximum atomic E-state index is 11.8. The third-order valence-electron chi connectivity index (χ3n) is 3.33. The maximum Gasteiger partial charge on any atom is 0.240 e. The summed E-state index contributed by atoms with van der Waals surface area (Å²) in [7, 11) is 0. The van der Waals surface area contributed by atoms with Gasteiger partial charge < -0.3 is 15.4 Å². The van der Waals surface area contributed by atoms with Gasteiger partial charge in [-0.3, -0.25) is 4.79 Å². The molecule has 2 aromatic rings. The number of carbonyl (C=O) groups is 1. The van der Waals surface area contributed by atoms with Gasteiger partial charge in [-0.2, -0.15) is 0 Å². The molecule has 0 atom stereocenters. The minimum Gasteiger partial charge on any atom is -0.494 e. The van der Waals surface area contributed by atoms with E-state index in [0.29, 0.717) is 18.3 Å². The van der Waals surface area contributed by atoms with Crippen LogP contribution >= 0.6 is 11.3 Å². The third kappa shape index (κ3) is 3.92. The topological polar surface area (TPSA) is 63.2 Å². The zero-order chi connectivity index (χ0) is 14.7. The van der Waals surface area contributed by atoms with Crippen molar-refractivity contribution in [2.75, 3.05) is 25.0 Å². The maximum absolute atomic E-state index is 11.8. The first-order chi connectivity index (χ1) is 10.2. The number of hydrogen-bond acceptors (Lipinski definition) is 5. The number of amides is 1. The van der Waals surface area contributed by atoms with Crippen LogP contribution in [0.5, 0.6) is 5.75 Å². The smallest absolute Gasteiger partial charge is 0.240 e. The van der Waals surface area contributed by atoms with Crippen LogP contribution in [0.15, 0.2) is 18.2 Å². The average molecular weight is 305 g/mol. The second-order valence-corrected chi connectivity index (χ2v) is 6.23. The number of nitrogens with zero attached hydrogens (tertiary/aromatic N) is 1. The lowest BCUT2D eigenvalue weighted by atomic mass is 10.3. The van der Waals surface area contributed by atoms with Crippen molar-refractivity contribution >= 4 is 32.6 Å². The summed E-state index contributed by atoms with van der Waals surface area (Å²) in [6.07, 6.45) is 2.57. The number of fused-ring (bicyclic) bond motifs is 1. The van der Waals surface area contributed by atoms with Gasteiger partial charge in [-0.05, 0) is 50.4 Å². The summed E-state index contributed by atoms with van der Waals surface area (Å²) < 4.78 is 6.48. The van der Waals surface area contributed by atoms with Gasteiger partial charge >= 0.3 is 0 Å². The number of carbonyl (C=O) groups excluding carboxylic acids is 1. The van der Waals surface area contributed by atoms with Crippen molar-refractivity contribution in [3.05, 3.63) is 18.2 Å². The minimum absolute atomic E-state index is 0.0419. The molecule has 112 valence electrons. The molecule has 6 heteroatoms. The molecular weight excluding hydrogens is 286 g/mol. The number of anilines is 1. The molecule has 0 aliphatic heterocycles. The highest BCUT2D eigenvalue weighted by Gasteiger charge is 2.20. The lowest BCUT2D eigenvalue weighted by Gasteiger charge is -2.02. The second-order valence-electron chi connectivity index (χ2n) is 5.20. The molecular formula is C15H19N3O2S. The second kappa shape index (κ2) is 6.41. The first kappa shape index (κ1) is 14.3. The summed E-state index contributed by atoms with van der Waals surface area (Å²) in [4.78, 5) is 16.2. The first-order valence-electron chi connectivity index (χ1n) is 7.28. The number of aromatic nitrogens is 1. The van der Waals surface area contributed by atoms with Gasteiger partial charge in [0.05, 0.1) is 23.4 Å². The van der Waals surface area contributed by atoms with Crippen LogP contribution in [0.4, 0.5) is 5.13 Å². The Morgan fingerprint density at radius 2 is 2.33 bits per heavy atom. The van der Waals surface area contributed by atoms with Crippen molar-refractivity contribution in [3.8, 4) is 5.75 Å². The summed E-state index contributed by atoms with van der Waals surface area (Å²) in [5.41, 5.74) is 0.879. The fourth-order valence-electron chi connectivity index (χ4n) is 2.09. The Bertz CT molecular complexity index is 637. The fraction of sp³-hybridized carbons (Fsp3) is 0.467. The number of rotatable bonds is 7. The molecule has 1 amide bonds. The number of thiazole rings is 1. The molecule has 1 aromatic heterocycles. The molecule has 1 heterocycles. The average Bonchev–Trinajstić information content (AvgIpc) is 3.18. The van der Waals surface area contributed by atoms with Gasteiger partial charge in [0.25, 0.3) is 0 Å². The van der Waals surface area contributed by atoms with Crippen LogP contribution in [-0.4, -0.2) is 30.6 Å². The Morgan fingerprint density at radius 1 is 1.48 bits per heavy atom. The predicted molar refractivity (Wildman–Crippen MR) is 85.0 cm³/mol. The highest BCUT2D eigenvalue weighted by molar-refractivity contribution is 7.22. The minimum atomic E-state index is -0.0419. The molecule has 3 rings (SSSR count). The van der Waals surface area contributed by atoms with Crippen LogP contribution in [0, 0.1) is 5.92 Å². The third-order valence-corrected chi connectivity index (χ3v) is 4.27. The zero-order valence-corrected chi connectivity index (χ0v) is 12.8. The van der Waals surface area contributed by atoms with Gasteiger partial charge in [0.15, 0.2) is 5.13 Å². The van der Waals surface area contributed by atoms with Crippen molar-refractivity contribution in [1.82, 2.24) is 10.3 Å². The highest BCUT2D eigenvalue weighted by Crippen LogP contribution is 2.29. The molecule has 0 unspecified atom stereocenters. The van der Waals surface area contributed by atoms with Gasteiger partial charge in [0.1, 0.15) is 5.75 Å². The van der Waals surface area contributed by atoms with E-state index in [9.17, 15) is 4.79 Å². The normalized spacial score (nSPS) is 14.3. The van der Waals surface area contributed by atoms with E-state index < -0.39 is 0 Å². The van der Waals surface area contributed by atoms with Crippen LogP contribution in [0.1, 0.15) is 19.8 Å². The highest BCUT2D eigenvalue weighted by atomic mass is 32.1. The molecule has 1 fully saturated rings. The Morgan fingerprint density at radius 3 is 3.10 bits per heavy atom. The quantitative estimate of drug-likeness (QED) is 0.825. The zero-order valence-electron chi connectivity index (χ0n) is 12.0. The van der Waals surface area contributed by atoms with Crippen LogP contribution in [0.25, 0.3) is 10.2 Å². The molecule has 1 saturated carbocycles.